The van der Waals surface area contributed by atoms with Gasteiger partial charge in [0.2, 0.25) is 0 Å². The molecule has 0 saturated carbocycles. The molecule has 4 aromatic carbocycles. The smallest absolute Gasteiger partial charge is 0.262 e. The molecule has 6 rings (SSSR count). The molecule has 0 spiro atoms. The van der Waals surface area contributed by atoms with Gasteiger partial charge in [0.05, 0.1) is 11.1 Å². The average Bonchev–Trinajstić information content (AvgIpc) is 3.23. The minimum Gasteiger partial charge on any atom is -0.378 e. The highest BCUT2D eigenvalue weighted by Crippen LogP contribution is 2.42. The van der Waals surface area contributed by atoms with E-state index in [2.05, 4.69) is 51.4 Å². The number of hydrogen-bond acceptors (Lipinski definition) is 6. The first kappa shape index (κ1) is 41.8. The molecule has 0 aromatic heterocycles. The highest BCUT2D eigenvalue weighted by Gasteiger charge is 2.43. The van der Waals surface area contributed by atoms with Gasteiger partial charge < -0.3 is 9.80 Å². The third-order valence-corrected chi connectivity index (χ3v) is 11.7. The van der Waals surface area contributed by atoms with Gasteiger partial charge in [-0.05, 0) is 85.3 Å². The van der Waals surface area contributed by atoms with Crippen molar-refractivity contribution in [3.8, 4) is 23.7 Å². The Kier molecular flexibility index (Phi) is 13.1. The van der Waals surface area contributed by atoms with E-state index in [9.17, 15) is 19.2 Å². The summed E-state index contributed by atoms with van der Waals surface area (Å²) < 4.78 is 0. The molecule has 0 saturated heterocycles. The van der Waals surface area contributed by atoms with E-state index in [1.807, 2.05) is 86.5 Å². The fraction of sp³-hybridized carbons (Fsp3) is 0.400. The number of benzene rings is 4. The molecule has 300 valence electrons. The molecule has 58 heavy (non-hydrogen) atoms. The van der Waals surface area contributed by atoms with Crippen LogP contribution in [0.15, 0.2) is 60.7 Å². The normalized spacial score (nSPS) is 14.2. The molecular weight excluding hydrogens is 721 g/mol. The lowest BCUT2D eigenvalue weighted by atomic mass is 9.80. The second kappa shape index (κ2) is 18.2. The molecule has 0 aliphatic carbocycles. The first-order valence-corrected chi connectivity index (χ1v) is 20.9. The maximum atomic E-state index is 14.8. The van der Waals surface area contributed by atoms with Gasteiger partial charge in [0.1, 0.15) is 0 Å². The van der Waals surface area contributed by atoms with Crippen molar-refractivity contribution in [2.75, 3.05) is 51.1 Å². The standard InChI is InChI=1S/C50H56N4O4/c1-9-13-15-33(11-3)31-53-47(55)41-29-38(24-18-36-21-27-40(28-22-36)52(7)8)44-46-42(48(56)54(50(44)58)32-34(12-4)16-14-10-2)30-37(43(45(41)46)49(53)57)23-17-35-19-25-39(26-20-35)51(5)6/h19-22,25-30,33-34H,9-16,31-32H2,1-8H3. The number of hydrogen-bond donors (Lipinski definition) is 0. The molecule has 8 nitrogen and oxygen atoms in total. The van der Waals surface area contributed by atoms with Crippen LogP contribution in [0, 0.1) is 35.5 Å². The molecule has 0 bridgehead atoms. The molecule has 0 N–H and O–H groups in total. The molecule has 2 heterocycles. The Morgan fingerprint density at radius 2 is 0.879 bits per heavy atom. The summed E-state index contributed by atoms with van der Waals surface area (Å²) in [5.41, 5.74) is 5.26. The Morgan fingerprint density at radius 3 is 1.19 bits per heavy atom. The van der Waals surface area contributed by atoms with E-state index in [0.717, 1.165) is 73.9 Å². The van der Waals surface area contributed by atoms with E-state index in [-0.39, 0.29) is 47.2 Å². The van der Waals surface area contributed by atoms with Gasteiger partial charge in [0.25, 0.3) is 23.6 Å². The molecular formula is C50H56N4O4. The van der Waals surface area contributed by atoms with Crippen LogP contribution in [0.2, 0.25) is 0 Å². The van der Waals surface area contributed by atoms with Gasteiger partial charge in [-0.25, -0.2) is 0 Å². The van der Waals surface area contributed by atoms with Crippen LogP contribution in [0.1, 0.15) is 143 Å². The Labute approximate surface area is 344 Å². The zero-order valence-corrected chi connectivity index (χ0v) is 35.4. The summed E-state index contributed by atoms with van der Waals surface area (Å²) in [5.74, 6) is 11.4. The van der Waals surface area contributed by atoms with Crippen LogP contribution in [0.5, 0.6) is 0 Å². The predicted octanol–water partition coefficient (Wildman–Crippen LogP) is 9.40. The maximum absolute atomic E-state index is 14.8. The van der Waals surface area contributed by atoms with Crippen LogP contribution in [0.25, 0.3) is 10.8 Å². The van der Waals surface area contributed by atoms with E-state index in [4.69, 9.17) is 0 Å². The fourth-order valence-corrected chi connectivity index (χ4v) is 8.01. The number of carbonyl (C=O) groups excluding carboxylic acids is 4. The van der Waals surface area contributed by atoms with Gasteiger partial charge in [-0.2, -0.15) is 0 Å². The highest BCUT2D eigenvalue weighted by atomic mass is 16.2. The molecule has 8 heteroatoms. The quantitative estimate of drug-likeness (QED) is 0.0939. The minimum atomic E-state index is -0.454. The van der Waals surface area contributed by atoms with E-state index in [0.29, 0.717) is 21.9 Å². The second-order valence-corrected chi connectivity index (χ2v) is 16.1. The van der Waals surface area contributed by atoms with Crippen molar-refractivity contribution in [1.82, 2.24) is 9.80 Å². The van der Waals surface area contributed by atoms with E-state index in [1.165, 1.54) is 9.80 Å². The molecule has 0 fully saturated rings. The number of carbonyl (C=O) groups is 4. The Morgan fingerprint density at radius 1 is 0.517 bits per heavy atom. The number of unbranched alkanes of at least 4 members (excludes halogenated alkanes) is 2. The van der Waals surface area contributed by atoms with Crippen molar-refractivity contribution in [1.29, 1.82) is 0 Å². The summed E-state index contributed by atoms with van der Waals surface area (Å²) in [4.78, 5) is 65.8. The van der Waals surface area contributed by atoms with Gasteiger partial charge in [-0.15, -0.1) is 0 Å². The lowest BCUT2D eigenvalue weighted by Gasteiger charge is -2.35. The van der Waals surface area contributed by atoms with Crippen LogP contribution >= 0.6 is 0 Å². The monoisotopic (exact) mass is 776 g/mol. The minimum absolute atomic E-state index is 0.118. The van der Waals surface area contributed by atoms with Crippen LogP contribution in [-0.4, -0.2) is 74.7 Å². The van der Waals surface area contributed by atoms with Crippen LogP contribution < -0.4 is 9.80 Å². The maximum Gasteiger partial charge on any atom is 0.262 e. The largest absolute Gasteiger partial charge is 0.378 e. The number of imide groups is 2. The van der Waals surface area contributed by atoms with E-state index in [1.54, 1.807) is 12.1 Å². The van der Waals surface area contributed by atoms with E-state index >= 15 is 0 Å². The summed E-state index contributed by atoms with van der Waals surface area (Å²) >= 11 is 0. The van der Waals surface area contributed by atoms with Gasteiger partial charge in [0.15, 0.2) is 0 Å². The van der Waals surface area contributed by atoms with E-state index < -0.39 is 23.6 Å². The molecule has 0 radical (unpaired) electrons. The van der Waals surface area contributed by atoms with Crippen LogP contribution in [0.3, 0.4) is 0 Å². The Bertz CT molecular complexity index is 2190. The van der Waals surface area contributed by atoms with Crippen LogP contribution in [0.4, 0.5) is 11.4 Å². The molecule has 4 aromatic rings. The predicted molar refractivity (Wildman–Crippen MR) is 235 cm³/mol. The van der Waals surface area contributed by atoms with Gasteiger partial charge >= 0.3 is 0 Å². The van der Waals surface area contributed by atoms with Crippen molar-refractivity contribution < 1.29 is 19.2 Å². The number of rotatable bonds is 14. The van der Waals surface area contributed by atoms with Crippen molar-refractivity contribution in [3.05, 3.63) is 105 Å². The molecule has 2 aliphatic heterocycles. The number of anilines is 2. The topological polar surface area (TPSA) is 81.2 Å². The van der Waals surface area contributed by atoms with Crippen molar-refractivity contribution in [3.63, 3.8) is 0 Å². The first-order chi connectivity index (χ1) is 27.9. The lowest BCUT2D eigenvalue weighted by Crippen LogP contribution is -2.46. The summed E-state index contributed by atoms with van der Waals surface area (Å²) in [6.45, 7) is 8.97. The molecule has 2 unspecified atom stereocenters. The lowest BCUT2D eigenvalue weighted by molar-refractivity contribution is 0.0558. The SMILES string of the molecule is CCCCC(CC)CN1C(=O)c2cc(C#Cc3ccc(N(C)C)cc3)c3c4c(cc(C#Cc5ccc(N(C)C)cc5)c(c24)C1=O)C(=O)N(CC(CC)CCCC)C3=O. The zero-order chi connectivity index (χ0) is 41.7. The van der Waals surface area contributed by atoms with Crippen LogP contribution in [-0.2, 0) is 0 Å². The zero-order valence-electron chi connectivity index (χ0n) is 35.4. The summed E-state index contributed by atoms with van der Waals surface area (Å²) in [6, 6.07) is 19.0. The Hall–Kier alpha value is -5.86. The number of amides is 4. The summed E-state index contributed by atoms with van der Waals surface area (Å²) in [6.07, 6.45) is 7.40. The molecule has 2 aliphatic rings. The Balaban J connectivity index is 1.62. The molecule has 4 amide bonds. The van der Waals surface area contributed by atoms with Gasteiger partial charge in [-0.3, -0.25) is 29.0 Å². The van der Waals surface area contributed by atoms with Gasteiger partial charge in [-0.1, -0.05) is 89.9 Å². The van der Waals surface area contributed by atoms with Crippen molar-refractivity contribution in [2.45, 2.75) is 79.1 Å². The first-order valence-electron chi connectivity index (χ1n) is 20.9. The third kappa shape index (κ3) is 8.39. The van der Waals surface area contributed by atoms with Crippen molar-refractivity contribution >= 4 is 45.8 Å². The highest BCUT2D eigenvalue weighted by molar-refractivity contribution is 6.34. The summed E-state index contributed by atoms with van der Waals surface area (Å²) in [5, 5.41) is 0.626. The fourth-order valence-electron chi connectivity index (χ4n) is 8.01. The number of nitrogens with zero attached hydrogens (tertiary/aromatic N) is 4. The average molecular weight is 777 g/mol. The second-order valence-electron chi connectivity index (χ2n) is 16.1. The van der Waals surface area contributed by atoms with Crippen molar-refractivity contribution in [2.24, 2.45) is 11.8 Å². The summed E-state index contributed by atoms with van der Waals surface area (Å²) in [7, 11) is 7.88. The van der Waals surface area contributed by atoms with Gasteiger partial charge in [0, 0.05) is 96.8 Å². The third-order valence-electron chi connectivity index (χ3n) is 11.7. The molecule has 2 atom stereocenters.